The zero-order chi connectivity index (χ0) is 13.7. The van der Waals surface area contributed by atoms with Gasteiger partial charge in [-0.1, -0.05) is 26.7 Å². The summed E-state index contributed by atoms with van der Waals surface area (Å²) in [5.74, 6) is -0.991. The molecule has 0 radical (unpaired) electrons. The van der Waals surface area contributed by atoms with Crippen molar-refractivity contribution in [2.24, 2.45) is 5.92 Å². The van der Waals surface area contributed by atoms with Gasteiger partial charge in [0.2, 0.25) is 5.91 Å². The summed E-state index contributed by atoms with van der Waals surface area (Å²) in [5, 5.41) is 8.97. The number of hydrogen-bond donors (Lipinski definition) is 1. The molecule has 5 nitrogen and oxygen atoms in total. The van der Waals surface area contributed by atoms with Gasteiger partial charge in [-0.15, -0.1) is 0 Å². The van der Waals surface area contributed by atoms with Crippen LogP contribution in [-0.2, 0) is 14.3 Å². The van der Waals surface area contributed by atoms with E-state index in [1.807, 2.05) is 6.92 Å². The number of unbranched alkanes of at least 4 members (excludes halogenated alkanes) is 1. The molecular formula is C13H23NO4. The molecule has 0 aromatic heterocycles. The number of carboxylic acid groups (broad SMARTS) is 1. The van der Waals surface area contributed by atoms with Gasteiger partial charge in [-0.2, -0.15) is 0 Å². The SMILES string of the molecule is CCCCC(C)C(=O)N1CC(C(=O)O)O[C@H](C)C1. The summed E-state index contributed by atoms with van der Waals surface area (Å²) in [6, 6.07) is 0. The summed E-state index contributed by atoms with van der Waals surface area (Å²) in [6.45, 7) is 6.45. The molecule has 0 spiro atoms. The van der Waals surface area contributed by atoms with Crippen LogP contribution in [0.25, 0.3) is 0 Å². The number of carboxylic acids is 1. The Hall–Kier alpha value is -1.10. The Bertz CT molecular complexity index is 305. The molecule has 18 heavy (non-hydrogen) atoms. The Morgan fingerprint density at radius 1 is 1.44 bits per heavy atom. The molecule has 0 saturated carbocycles. The maximum Gasteiger partial charge on any atom is 0.334 e. The minimum Gasteiger partial charge on any atom is -0.479 e. The maximum absolute atomic E-state index is 12.2. The highest BCUT2D eigenvalue weighted by molar-refractivity contribution is 5.80. The largest absolute Gasteiger partial charge is 0.479 e. The number of morpholine rings is 1. The molecule has 3 atom stereocenters. The van der Waals surface area contributed by atoms with Crippen molar-refractivity contribution in [2.45, 2.75) is 52.2 Å². The predicted octanol–water partition coefficient (Wildman–Crippen LogP) is 1.51. The summed E-state index contributed by atoms with van der Waals surface area (Å²) in [4.78, 5) is 24.8. The lowest BCUT2D eigenvalue weighted by Gasteiger charge is -2.36. The van der Waals surface area contributed by atoms with Crippen molar-refractivity contribution in [1.29, 1.82) is 0 Å². The second kappa shape index (κ2) is 6.73. The zero-order valence-electron chi connectivity index (χ0n) is 11.4. The van der Waals surface area contributed by atoms with Crippen LogP contribution < -0.4 is 0 Å². The number of ether oxygens (including phenoxy) is 1. The predicted molar refractivity (Wildman–Crippen MR) is 67.2 cm³/mol. The standard InChI is InChI=1S/C13H23NO4/c1-4-5-6-9(2)12(15)14-7-10(3)18-11(8-14)13(16)17/h9-11H,4-8H2,1-3H3,(H,16,17)/t9?,10-,11?/m1/s1. The van der Waals surface area contributed by atoms with Crippen molar-refractivity contribution in [3.63, 3.8) is 0 Å². The smallest absolute Gasteiger partial charge is 0.334 e. The first kappa shape index (κ1) is 15.0. The third-order valence-electron chi connectivity index (χ3n) is 3.26. The third-order valence-corrected chi connectivity index (χ3v) is 3.26. The van der Waals surface area contributed by atoms with E-state index in [0.717, 1.165) is 19.3 Å². The highest BCUT2D eigenvalue weighted by Crippen LogP contribution is 2.17. The molecule has 5 heteroatoms. The lowest BCUT2D eigenvalue weighted by atomic mass is 10.0. The van der Waals surface area contributed by atoms with Gasteiger partial charge in [-0.3, -0.25) is 4.79 Å². The minimum atomic E-state index is -0.999. The average Bonchev–Trinajstić information content (AvgIpc) is 2.34. The first-order valence-corrected chi connectivity index (χ1v) is 6.62. The number of aliphatic carboxylic acids is 1. The number of carbonyl (C=O) groups is 2. The molecule has 104 valence electrons. The van der Waals surface area contributed by atoms with Gasteiger partial charge in [0.05, 0.1) is 12.6 Å². The van der Waals surface area contributed by atoms with Gasteiger partial charge < -0.3 is 14.7 Å². The average molecular weight is 257 g/mol. The van der Waals surface area contributed by atoms with Crippen molar-refractivity contribution >= 4 is 11.9 Å². The molecule has 1 fully saturated rings. The number of nitrogens with zero attached hydrogens (tertiary/aromatic N) is 1. The summed E-state index contributed by atoms with van der Waals surface area (Å²) < 4.78 is 5.30. The van der Waals surface area contributed by atoms with Crippen molar-refractivity contribution in [3.05, 3.63) is 0 Å². The van der Waals surface area contributed by atoms with Crippen LogP contribution in [-0.4, -0.2) is 47.2 Å². The van der Waals surface area contributed by atoms with Crippen LogP contribution in [0.2, 0.25) is 0 Å². The fourth-order valence-corrected chi connectivity index (χ4v) is 2.21. The van der Waals surface area contributed by atoms with E-state index in [9.17, 15) is 9.59 Å². The Labute approximate surface area is 108 Å². The Kier molecular flexibility index (Phi) is 5.59. The molecule has 1 rings (SSSR count). The van der Waals surface area contributed by atoms with E-state index in [1.165, 1.54) is 0 Å². The molecule has 0 aliphatic carbocycles. The summed E-state index contributed by atoms with van der Waals surface area (Å²) >= 11 is 0. The first-order chi connectivity index (χ1) is 8.45. The third kappa shape index (κ3) is 3.98. The molecule has 1 heterocycles. The highest BCUT2D eigenvalue weighted by atomic mass is 16.5. The Balaban J connectivity index is 2.58. The summed E-state index contributed by atoms with van der Waals surface area (Å²) in [7, 11) is 0. The van der Waals surface area contributed by atoms with Gasteiger partial charge >= 0.3 is 5.97 Å². The molecule has 1 aliphatic heterocycles. The Morgan fingerprint density at radius 3 is 2.67 bits per heavy atom. The summed E-state index contributed by atoms with van der Waals surface area (Å²) in [6.07, 6.45) is 1.83. The topological polar surface area (TPSA) is 66.8 Å². The van der Waals surface area contributed by atoms with Crippen molar-refractivity contribution in [2.75, 3.05) is 13.1 Å². The second-order valence-corrected chi connectivity index (χ2v) is 5.06. The van der Waals surface area contributed by atoms with Crippen LogP contribution in [0.1, 0.15) is 40.0 Å². The molecule has 2 unspecified atom stereocenters. The fraction of sp³-hybridized carbons (Fsp3) is 0.846. The summed E-state index contributed by atoms with van der Waals surface area (Å²) in [5.41, 5.74) is 0. The molecule has 0 aromatic rings. The number of rotatable bonds is 5. The van der Waals surface area contributed by atoms with E-state index < -0.39 is 12.1 Å². The van der Waals surface area contributed by atoms with Gasteiger partial charge in [-0.25, -0.2) is 4.79 Å². The number of hydrogen-bond acceptors (Lipinski definition) is 3. The minimum absolute atomic E-state index is 0.0373. The molecule has 1 saturated heterocycles. The van der Waals surface area contributed by atoms with Gasteiger partial charge in [0.15, 0.2) is 6.10 Å². The number of carbonyl (C=O) groups excluding carboxylic acids is 1. The quantitative estimate of drug-likeness (QED) is 0.810. The van der Waals surface area contributed by atoms with Crippen LogP contribution in [0.15, 0.2) is 0 Å². The molecule has 0 aromatic carbocycles. The van der Waals surface area contributed by atoms with Crippen molar-refractivity contribution in [3.8, 4) is 0 Å². The van der Waals surface area contributed by atoms with Crippen LogP contribution in [0.5, 0.6) is 0 Å². The molecule has 1 amide bonds. The highest BCUT2D eigenvalue weighted by Gasteiger charge is 2.33. The fourth-order valence-electron chi connectivity index (χ4n) is 2.21. The monoisotopic (exact) mass is 257 g/mol. The van der Waals surface area contributed by atoms with E-state index in [2.05, 4.69) is 6.92 Å². The molecule has 0 bridgehead atoms. The van der Waals surface area contributed by atoms with Crippen LogP contribution in [0.4, 0.5) is 0 Å². The van der Waals surface area contributed by atoms with Gasteiger partial charge in [0.1, 0.15) is 0 Å². The van der Waals surface area contributed by atoms with Gasteiger partial charge in [-0.05, 0) is 13.3 Å². The number of amides is 1. The lowest BCUT2D eigenvalue weighted by Crippen LogP contribution is -2.53. The lowest BCUT2D eigenvalue weighted by molar-refractivity contribution is -0.167. The van der Waals surface area contributed by atoms with E-state index in [-0.39, 0.29) is 24.5 Å². The van der Waals surface area contributed by atoms with Crippen LogP contribution in [0, 0.1) is 5.92 Å². The molecule has 1 N–H and O–H groups in total. The molecular weight excluding hydrogens is 234 g/mol. The van der Waals surface area contributed by atoms with Crippen LogP contribution >= 0.6 is 0 Å². The van der Waals surface area contributed by atoms with E-state index in [1.54, 1.807) is 11.8 Å². The maximum atomic E-state index is 12.2. The normalized spacial score (nSPS) is 25.8. The van der Waals surface area contributed by atoms with E-state index in [0.29, 0.717) is 6.54 Å². The first-order valence-electron chi connectivity index (χ1n) is 6.62. The van der Waals surface area contributed by atoms with Crippen LogP contribution in [0.3, 0.4) is 0 Å². The van der Waals surface area contributed by atoms with E-state index in [4.69, 9.17) is 9.84 Å². The van der Waals surface area contributed by atoms with Gasteiger partial charge in [0, 0.05) is 12.5 Å². The Morgan fingerprint density at radius 2 is 2.11 bits per heavy atom. The van der Waals surface area contributed by atoms with E-state index >= 15 is 0 Å². The van der Waals surface area contributed by atoms with Crippen molar-refractivity contribution < 1.29 is 19.4 Å². The molecule has 1 aliphatic rings. The van der Waals surface area contributed by atoms with Crippen molar-refractivity contribution in [1.82, 2.24) is 4.90 Å². The second-order valence-electron chi connectivity index (χ2n) is 5.06. The van der Waals surface area contributed by atoms with Gasteiger partial charge in [0.25, 0.3) is 0 Å². The zero-order valence-corrected chi connectivity index (χ0v) is 11.4.